The molecule has 0 saturated carbocycles. The second kappa shape index (κ2) is 12.9. The first-order valence-corrected chi connectivity index (χ1v) is 17.4. The van der Waals surface area contributed by atoms with Crippen molar-refractivity contribution in [1.82, 2.24) is 0 Å². The molecule has 1 aliphatic carbocycles. The number of anilines is 5. The van der Waals surface area contributed by atoms with Gasteiger partial charge in [0.1, 0.15) is 0 Å². The molecule has 0 amide bonds. The van der Waals surface area contributed by atoms with Gasteiger partial charge in [-0.1, -0.05) is 152 Å². The van der Waals surface area contributed by atoms with Crippen LogP contribution in [0.5, 0.6) is 0 Å². The number of hydrogen-bond acceptors (Lipinski definition) is 2. The summed E-state index contributed by atoms with van der Waals surface area (Å²) in [6.45, 7) is 0. The SMILES string of the molecule is C1=CC2c3ccccc3N(c3ccc(-c4ccc(N(c5ccccc5)c5ccc(-c6ccccc6)cc5-c5ccccc5)cc4)cc3)C2C=C1. The fraction of sp³-hybridized carbons (Fsp3) is 0.0417. The topological polar surface area (TPSA) is 6.48 Å². The molecule has 2 atom stereocenters. The molecule has 7 aromatic carbocycles. The van der Waals surface area contributed by atoms with Gasteiger partial charge in [-0.2, -0.15) is 0 Å². The monoisotopic (exact) mass is 640 g/mol. The van der Waals surface area contributed by atoms with E-state index in [9.17, 15) is 0 Å². The highest BCUT2D eigenvalue weighted by atomic mass is 15.2. The molecule has 0 saturated heterocycles. The van der Waals surface area contributed by atoms with Crippen molar-refractivity contribution in [3.8, 4) is 33.4 Å². The summed E-state index contributed by atoms with van der Waals surface area (Å²) >= 11 is 0. The number of fused-ring (bicyclic) bond motifs is 3. The minimum atomic E-state index is 0.300. The molecular weight excluding hydrogens is 605 g/mol. The van der Waals surface area contributed by atoms with Crippen molar-refractivity contribution in [2.45, 2.75) is 12.0 Å². The highest BCUT2D eigenvalue weighted by molar-refractivity contribution is 5.91. The molecular formula is C48H36N2. The van der Waals surface area contributed by atoms with Crippen LogP contribution < -0.4 is 9.80 Å². The lowest BCUT2D eigenvalue weighted by atomic mass is 9.91. The molecule has 2 nitrogen and oxygen atoms in total. The minimum absolute atomic E-state index is 0.300. The van der Waals surface area contributed by atoms with Crippen molar-refractivity contribution in [2.75, 3.05) is 9.80 Å². The zero-order chi connectivity index (χ0) is 33.3. The van der Waals surface area contributed by atoms with Gasteiger partial charge in [-0.25, -0.2) is 0 Å². The fourth-order valence-electron chi connectivity index (χ4n) is 7.60. The van der Waals surface area contributed by atoms with Gasteiger partial charge < -0.3 is 9.80 Å². The summed E-state index contributed by atoms with van der Waals surface area (Å²) in [5.74, 6) is 0.382. The average molecular weight is 641 g/mol. The second-order valence-electron chi connectivity index (χ2n) is 12.9. The van der Waals surface area contributed by atoms with E-state index >= 15 is 0 Å². The molecule has 1 aliphatic heterocycles. The predicted molar refractivity (Wildman–Crippen MR) is 211 cm³/mol. The second-order valence-corrected chi connectivity index (χ2v) is 12.9. The van der Waals surface area contributed by atoms with Crippen molar-refractivity contribution >= 4 is 28.4 Å². The normalized spacial score (nSPS) is 15.8. The van der Waals surface area contributed by atoms with E-state index in [4.69, 9.17) is 0 Å². The number of nitrogens with zero attached hydrogens (tertiary/aromatic N) is 2. The van der Waals surface area contributed by atoms with E-state index in [0.29, 0.717) is 12.0 Å². The van der Waals surface area contributed by atoms with Crippen LogP contribution in [-0.2, 0) is 0 Å². The summed E-state index contributed by atoms with van der Waals surface area (Å²) in [6.07, 6.45) is 9.01. The molecule has 2 aliphatic rings. The first-order chi connectivity index (χ1) is 24.8. The highest BCUT2D eigenvalue weighted by Gasteiger charge is 2.36. The van der Waals surface area contributed by atoms with E-state index in [1.807, 2.05) is 0 Å². The zero-order valence-electron chi connectivity index (χ0n) is 27.7. The molecule has 1 heterocycles. The van der Waals surface area contributed by atoms with Crippen LogP contribution in [0.3, 0.4) is 0 Å². The first kappa shape index (κ1) is 29.7. The fourth-order valence-corrected chi connectivity index (χ4v) is 7.60. The molecule has 2 unspecified atom stereocenters. The van der Waals surface area contributed by atoms with Crippen LogP contribution in [-0.4, -0.2) is 6.04 Å². The maximum atomic E-state index is 2.48. The van der Waals surface area contributed by atoms with Gasteiger partial charge in [-0.05, 0) is 88.0 Å². The van der Waals surface area contributed by atoms with Gasteiger partial charge in [0.15, 0.2) is 0 Å². The Labute approximate surface area is 294 Å². The average Bonchev–Trinajstić information content (AvgIpc) is 3.54. The lowest BCUT2D eigenvalue weighted by Gasteiger charge is -2.29. The molecule has 0 N–H and O–H groups in total. The Hall–Kier alpha value is -6.38. The summed E-state index contributed by atoms with van der Waals surface area (Å²) in [6, 6.07) is 66.0. The number of hydrogen-bond donors (Lipinski definition) is 0. The molecule has 238 valence electrons. The Morgan fingerprint density at radius 1 is 0.420 bits per heavy atom. The molecule has 50 heavy (non-hydrogen) atoms. The van der Waals surface area contributed by atoms with Crippen molar-refractivity contribution < 1.29 is 0 Å². The Bertz CT molecular complexity index is 2310. The number of benzene rings is 7. The Morgan fingerprint density at radius 3 is 1.68 bits per heavy atom. The Balaban J connectivity index is 1.07. The lowest BCUT2D eigenvalue weighted by molar-refractivity contribution is 0.745. The van der Waals surface area contributed by atoms with Crippen LogP contribution in [0.2, 0.25) is 0 Å². The zero-order valence-corrected chi connectivity index (χ0v) is 27.7. The van der Waals surface area contributed by atoms with Gasteiger partial charge in [-0.15, -0.1) is 0 Å². The van der Waals surface area contributed by atoms with Gasteiger partial charge in [0.25, 0.3) is 0 Å². The van der Waals surface area contributed by atoms with E-state index in [0.717, 1.165) is 17.1 Å². The summed E-state index contributed by atoms with van der Waals surface area (Å²) in [7, 11) is 0. The van der Waals surface area contributed by atoms with Gasteiger partial charge in [0.2, 0.25) is 0 Å². The van der Waals surface area contributed by atoms with Gasteiger partial charge in [-0.3, -0.25) is 0 Å². The standard InChI is InChI=1S/C48H36N2/c1-4-14-35(15-5-1)39-28-33-48(45(34-39)38-16-6-2-7-17-38)49(40-18-8-3-9-19-40)41-29-24-36(25-30-41)37-26-31-42(32-27-37)50-46-22-12-10-20-43(46)44-21-11-13-23-47(44)50/h1-34,43,46H. The van der Waals surface area contributed by atoms with Crippen molar-refractivity contribution in [3.05, 3.63) is 212 Å². The Kier molecular flexibility index (Phi) is 7.68. The number of rotatable bonds is 7. The van der Waals surface area contributed by atoms with E-state index in [1.54, 1.807) is 0 Å². The van der Waals surface area contributed by atoms with E-state index < -0.39 is 0 Å². The molecule has 9 rings (SSSR count). The predicted octanol–water partition coefficient (Wildman–Crippen LogP) is 12.9. The van der Waals surface area contributed by atoms with Crippen LogP contribution in [0.1, 0.15) is 11.5 Å². The molecule has 0 fully saturated rings. The summed E-state index contributed by atoms with van der Waals surface area (Å²) in [5.41, 5.74) is 14.4. The van der Waals surface area contributed by atoms with Crippen LogP contribution in [0.25, 0.3) is 33.4 Å². The molecule has 0 bridgehead atoms. The highest BCUT2D eigenvalue weighted by Crippen LogP contribution is 2.48. The smallest absolute Gasteiger partial charge is 0.0629 e. The summed E-state index contributed by atoms with van der Waals surface area (Å²) < 4.78 is 0. The minimum Gasteiger partial charge on any atom is -0.333 e. The summed E-state index contributed by atoms with van der Waals surface area (Å²) in [5, 5.41) is 0. The van der Waals surface area contributed by atoms with Crippen molar-refractivity contribution in [2.24, 2.45) is 0 Å². The molecule has 0 aromatic heterocycles. The van der Waals surface area contributed by atoms with E-state index in [-0.39, 0.29) is 0 Å². The third-order valence-electron chi connectivity index (χ3n) is 10.0. The first-order valence-electron chi connectivity index (χ1n) is 17.4. The Morgan fingerprint density at radius 2 is 0.960 bits per heavy atom. The van der Waals surface area contributed by atoms with Gasteiger partial charge in [0.05, 0.1) is 11.7 Å². The van der Waals surface area contributed by atoms with Gasteiger partial charge in [0, 0.05) is 34.2 Å². The number of allylic oxidation sites excluding steroid dienone is 2. The van der Waals surface area contributed by atoms with E-state index in [2.05, 4.69) is 216 Å². The molecule has 2 heteroatoms. The molecule has 7 aromatic rings. The maximum absolute atomic E-state index is 2.48. The van der Waals surface area contributed by atoms with E-state index in [1.165, 1.54) is 50.3 Å². The van der Waals surface area contributed by atoms with Gasteiger partial charge >= 0.3 is 0 Å². The van der Waals surface area contributed by atoms with Crippen LogP contribution in [0.15, 0.2) is 206 Å². The third-order valence-corrected chi connectivity index (χ3v) is 10.0. The van der Waals surface area contributed by atoms with Crippen molar-refractivity contribution in [3.63, 3.8) is 0 Å². The van der Waals surface area contributed by atoms with Crippen LogP contribution >= 0.6 is 0 Å². The number of para-hydroxylation sites is 2. The lowest BCUT2D eigenvalue weighted by Crippen LogP contribution is -2.28. The molecule has 0 radical (unpaired) electrons. The summed E-state index contributed by atoms with van der Waals surface area (Å²) in [4.78, 5) is 4.86. The molecule has 0 spiro atoms. The third kappa shape index (κ3) is 5.41. The van der Waals surface area contributed by atoms with Crippen molar-refractivity contribution in [1.29, 1.82) is 0 Å². The maximum Gasteiger partial charge on any atom is 0.0629 e. The van der Waals surface area contributed by atoms with Crippen LogP contribution in [0.4, 0.5) is 28.4 Å². The quantitative estimate of drug-likeness (QED) is 0.171. The largest absolute Gasteiger partial charge is 0.333 e. The van der Waals surface area contributed by atoms with Crippen LogP contribution in [0, 0.1) is 0 Å².